The first-order valence-corrected chi connectivity index (χ1v) is 9.89. The Morgan fingerprint density at radius 1 is 1.29 bits per heavy atom. The monoisotopic (exact) mass is 384 g/mol. The molecule has 0 heterocycles. The van der Waals surface area contributed by atoms with Crippen molar-refractivity contribution in [2.24, 2.45) is 0 Å². The molecule has 9 heteroatoms. The minimum absolute atomic E-state index is 0.0590. The van der Waals surface area contributed by atoms with Gasteiger partial charge in [0.05, 0.1) is 4.90 Å². The molecule has 4 nitrogen and oxygen atoms in total. The van der Waals surface area contributed by atoms with Gasteiger partial charge in [-0.3, -0.25) is 0 Å². The topological polar surface area (TPSA) is 58.2 Å². The van der Waals surface area contributed by atoms with E-state index in [0.29, 0.717) is 16.1 Å². The molecule has 0 aliphatic heterocycles. The lowest BCUT2D eigenvalue weighted by atomic mass is 10.4. The van der Waals surface area contributed by atoms with Gasteiger partial charge in [-0.1, -0.05) is 47.2 Å². The molecule has 0 atom stereocenters. The normalized spacial score (nSPS) is 15.0. The number of hydrogen-bond donors (Lipinski definition) is 2. The van der Waals surface area contributed by atoms with Crippen molar-refractivity contribution in [2.45, 2.75) is 23.8 Å². The van der Waals surface area contributed by atoms with E-state index < -0.39 is 10.0 Å². The predicted molar refractivity (Wildman–Crippen MR) is 92.9 cm³/mol. The summed E-state index contributed by atoms with van der Waals surface area (Å²) < 4.78 is 27.4. The number of nitrogens with one attached hydrogen (secondary N) is 2. The lowest BCUT2D eigenvalue weighted by molar-refractivity contribution is 0.584. The van der Waals surface area contributed by atoms with Crippen LogP contribution in [0, 0.1) is 0 Å². The molecule has 1 aliphatic carbocycles. The maximum absolute atomic E-state index is 12.1. The molecule has 1 aromatic rings. The number of halogens is 2. The SMILES string of the molecule is O=S(=O)(NCCSC(=S)NC1CC1)c1cc(Cl)cc(Cl)c1. The molecular weight excluding hydrogens is 371 g/mol. The van der Waals surface area contributed by atoms with Gasteiger partial charge in [0.25, 0.3) is 0 Å². The third kappa shape index (κ3) is 5.92. The average molecular weight is 385 g/mol. The molecule has 0 saturated heterocycles. The highest BCUT2D eigenvalue weighted by molar-refractivity contribution is 8.23. The molecule has 1 fully saturated rings. The summed E-state index contributed by atoms with van der Waals surface area (Å²) in [6.07, 6.45) is 2.31. The van der Waals surface area contributed by atoms with E-state index in [1.165, 1.54) is 30.0 Å². The Kier molecular flexibility index (Phi) is 6.16. The highest BCUT2D eigenvalue weighted by Gasteiger charge is 2.21. The van der Waals surface area contributed by atoms with Crippen LogP contribution in [0.25, 0.3) is 0 Å². The summed E-state index contributed by atoms with van der Waals surface area (Å²) in [5, 5.41) is 3.75. The van der Waals surface area contributed by atoms with Gasteiger partial charge >= 0.3 is 0 Å². The fourth-order valence-corrected chi connectivity index (χ4v) is 4.47. The van der Waals surface area contributed by atoms with E-state index in [1.54, 1.807) is 0 Å². The van der Waals surface area contributed by atoms with Crippen LogP contribution in [0.2, 0.25) is 10.0 Å². The van der Waals surface area contributed by atoms with Crippen molar-refractivity contribution >= 4 is 61.5 Å². The Morgan fingerprint density at radius 3 is 2.48 bits per heavy atom. The van der Waals surface area contributed by atoms with Gasteiger partial charge in [-0.15, -0.1) is 0 Å². The number of thioether (sulfide) groups is 1. The van der Waals surface area contributed by atoms with Gasteiger partial charge in [0.1, 0.15) is 4.32 Å². The second-order valence-corrected chi connectivity index (χ2v) is 8.97. The van der Waals surface area contributed by atoms with Gasteiger partial charge in [-0.2, -0.15) is 0 Å². The first kappa shape index (κ1) is 17.3. The summed E-state index contributed by atoms with van der Waals surface area (Å²) in [6, 6.07) is 4.72. The summed E-state index contributed by atoms with van der Waals surface area (Å²) in [6.45, 7) is 0.281. The van der Waals surface area contributed by atoms with E-state index in [9.17, 15) is 8.42 Å². The summed E-state index contributed by atoms with van der Waals surface area (Å²) in [7, 11) is -3.61. The van der Waals surface area contributed by atoms with Crippen LogP contribution in [0.1, 0.15) is 12.8 Å². The number of thiocarbonyl (C=S) groups is 1. The smallest absolute Gasteiger partial charge is 0.240 e. The molecule has 1 aliphatic rings. The Morgan fingerprint density at radius 2 is 1.90 bits per heavy atom. The zero-order chi connectivity index (χ0) is 15.5. The van der Waals surface area contributed by atoms with Crippen molar-refractivity contribution in [1.82, 2.24) is 10.0 Å². The number of hydrogen-bond acceptors (Lipinski definition) is 4. The Hall–Kier alpha value is -0.0500. The van der Waals surface area contributed by atoms with Crippen LogP contribution < -0.4 is 10.0 Å². The van der Waals surface area contributed by atoms with Gasteiger partial charge in [0.15, 0.2) is 0 Å². The molecule has 2 N–H and O–H groups in total. The van der Waals surface area contributed by atoms with Crippen molar-refractivity contribution in [3.05, 3.63) is 28.2 Å². The lowest BCUT2D eigenvalue weighted by Gasteiger charge is -2.08. The highest BCUT2D eigenvalue weighted by Crippen LogP contribution is 2.22. The molecule has 0 aromatic heterocycles. The first-order valence-electron chi connectivity index (χ1n) is 6.26. The van der Waals surface area contributed by atoms with Crippen molar-refractivity contribution in [3.63, 3.8) is 0 Å². The fraction of sp³-hybridized carbons (Fsp3) is 0.417. The zero-order valence-corrected chi connectivity index (χ0v) is 14.9. The summed E-state index contributed by atoms with van der Waals surface area (Å²) in [4.78, 5) is 0.0590. The van der Waals surface area contributed by atoms with Gasteiger partial charge in [0.2, 0.25) is 10.0 Å². The maximum Gasteiger partial charge on any atom is 0.240 e. The summed E-state index contributed by atoms with van der Waals surface area (Å²) in [5.74, 6) is 0.562. The van der Waals surface area contributed by atoms with Crippen LogP contribution in [-0.2, 0) is 10.0 Å². The second kappa shape index (κ2) is 7.48. The van der Waals surface area contributed by atoms with E-state index >= 15 is 0 Å². The first-order chi connectivity index (χ1) is 9.87. The Labute approximate surface area is 144 Å². The molecule has 2 rings (SSSR count). The van der Waals surface area contributed by atoms with Crippen LogP contribution in [0.4, 0.5) is 0 Å². The molecule has 1 aromatic carbocycles. The second-order valence-electron chi connectivity index (χ2n) is 4.56. The quantitative estimate of drug-likeness (QED) is 0.582. The van der Waals surface area contributed by atoms with Crippen molar-refractivity contribution in [3.8, 4) is 0 Å². The van der Waals surface area contributed by atoms with Crippen LogP contribution in [0.3, 0.4) is 0 Å². The van der Waals surface area contributed by atoms with E-state index in [0.717, 1.165) is 12.8 Å². The van der Waals surface area contributed by atoms with E-state index in [-0.39, 0.29) is 21.5 Å². The molecule has 21 heavy (non-hydrogen) atoms. The molecule has 116 valence electrons. The molecule has 0 amide bonds. The fourth-order valence-electron chi connectivity index (χ4n) is 1.52. The van der Waals surface area contributed by atoms with Gasteiger partial charge in [-0.25, -0.2) is 13.1 Å². The molecule has 1 saturated carbocycles. The third-order valence-electron chi connectivity index (χ3n) is 2.67. The minimum atomic E-state index is -3.61. The standard InChI is InChI=1S/C12H14Cl2N2O2S3/c13-8-5-9(14)7-11(6-8)21(17,18)15-3-4-20-12(19)16-10-1-2-10/h5-7,10,15H,1-4H2,(H,16,19). The van der Waals surface area contributed by atoms with Gasteiger partial charge < -0.3 is 5.32 Å². The van der Waals surface area contributed by atoms with Crippen LogP contribution in [0.5, 0.6) is 0 Å². The maximum atomic E-state index is 12.1. The summed E-state index contributed by atoms with van der Waals surface area (Å²) in [5.41, 5.74) is 0. The predicted octanol–water partition coefficient (Wildman–Crippen LogP) is 3.04. The lowest BCUT2D eigenvalue weighted by Crippen LogP contribution is -2.27. The zero-order valence-electron chi connectivity index (χ0n) is 10.9. The van der Waals surface area contributed by atoms with Crippen LogP contribution in [0.15, 0.2) is 23.1 Å². The number of sulfonamides is 1. The largest absolute Gasteiger partial charge is 0.368 e. The van der Waals surface area contributed by atoms with E-state index in [1.807, 2.05) is 0 Å². The number of benzene rings is 1. The van der Waals surface area contributed by atoms with E-state index in [4.69, 9.17) is 35.4 Å². The molecule has 0 spiro atoms. The Balaban J connectivity index is 1.81. The van der Waals surface area contributed by atoms with E-state index in [2.05, 4.69) is 10.0 Å². The molecule has 0 radical (unpaired) electrons. The molecule has 0 unspecified atom stereocenters. The Bertz CT molecular complexity index is 613. The van der Waals surface area contributed by atoms with Crippen LogP contribution in [-0.4, -0.2) is 31.1 Å². The molecular formula is C12H14Cl2N2O2S3. The third-order valence-corrected chi connectivity index (χ3v) is 5.81. The minimum Gasteiger partial charge on any atom is -0.368 e. The molecule has 0 bridgehead atoms. The van der Waals surface area contributed by atoms with Crippen molar-refractivity contribution in [1.29, 1.82) is 0 Å². The number of rotatable bonds is 6. The average Bonchev–Trinajstić information content (AvgIpc) is 3.17. The van der Waals surface area contributed by atoms with Gasteiger partial charge in [0, 0.05) is 28.4 Å². The van der Waals surface area contributed by atoms with Crippen LogP contribution >= 0.6 is 47.2 Å². The van der Waals surface area contributed by atoms with Crippen molar-refractivity contribution < 1.29 is 8.42 Å². The van der Waals surface area contributed by atoms with Crippen molar-refractivity contribution in [2.75, 3.05) is 12.3 Å². The summed E-state index contributed by atoms with van der Waals surface area (Å²) >= 11 is 18.2. The highest BCUT2D eigenvalue weighted by atomic mass is 35.5. The van der Waals surface area contributed by atoms with Gasteiger partial charge in [-0.05, 0) is 31.0 Å².